The Labute approximate surface area is 230 Å². The molecule has 2 aliphatic heterocycles. The number of hydrogen-bond donors (Lipinski definition) is 0. The van der Waals surface area contributed by atoms with Crippen molar-refractivity contribution in [2.75, 3.05) is 44.4 Å². The van der Waals surface area contributed by atoms with E-state index in [2.05, 4.69) is 16.9 Å². The first kappa shape index (κ1) is 25.8. The number of fused-ring (bicyclic) bond motifs is 2. The second-order valence-corrected chi connectivity index (χ2v) is 12.8. The Morgan fingerprint density at radius 3 is 2.69 bits per heavy atom. The van der Waals surface area contributed by atoms with Gasteiger partial charge < -0.3 is 18.8 Å². The summed E-state index contributed by atoms with van der Waals surface area (Å²) in [5.41, 5.74) is 3.23. The molecule has 0 radical (unpaired) electrons. The topological polar surface area (TPSA) is 115 Å². The summed E-state index contributed by atoms with van der Waals surface area (Å²) in [5, 5.41) is 8.25. The average molecular weight is 571 g/mol. The SMILES string of the molecule is COc1cc(OCc2csc(N3CCN(S(C)(=O)=O)CC3)n2)c2cc(-c3cn4c(n3)C(C)CC(C)=N4)oc2c1. The first-order valence-corrected chi connectivity index (χ1v) is 15.4. The van der Waals surface area contributed by atoms with E-state index in [1.807, 2.05) is 41.4 Å². The largest absolute Gasteiger partial charge is 0.496 e. The first-order valence-electron chi connectivity index (χ1n) is 12.7. The smallest absolute Gasteiger partial charge is 0.211 e. The maximum atomic E-state index is 11.8. The second-order valence-electron chi connectivity index (χ2n) is 9.98. The zero-order valence-corrected chi connectivity index (χ0v) is 23.9. The molecule has 0 amide bonds. The van der Waals surface area contributed by atoms with Crippen LogP contribution in [-0.2, 0) is 16.6 Å². The molecule has 1 unspecified atom stereocenters. The fourth-order valence-electron chi connectivity index (χ4n) is 5.00. The Balaban J connectivity index is 1.21. The lowest BCUT2D eigenvalue weighted by Gasteiger charge is -2.32. The van der Waals surface area contributed by atoms with Crippen molar-refractivity contribution in [1.82, 2.24) is 18.9 Å². The first-order chi connectivity index (χ1) is 18.7. The Morgan fingerprint density at radius 1 is 1.15 bits per heavy atom. The van der Waals surface area contributed by atoms with Gasteiger partial charge >= 0.3 is 0 Å². The monoisotopic (exact) mass is 570 g/mol. The maximum Gasteiger partial charge on any atom is 0.211 e. The van der Waals surface area contributed by atoms with Gasteiger partial charge in [-0.2, -0.15) is 9.41 Å². The number of nitrogens with zero attached hydrogens (tertiary/aromatic N) is 6. The van der Waals surface area contributed by atoms with Crippen LogP contribution in [0.5, 0.6) is 11.5 Å². The Morgan fingerprint density at radius 2 is 1.95 bits per heavy atom. The molecule has 1 fully saturated rings. The van der Waals surface area contributed by atoms with Crippen molar-refractivity contribution < 1.29 is 22.3 Å². The van der Waals surface area contributed by atoms with Crippen molar-refractivity contribution in [3.63, 3.8) is 0 Å². The van der Waals surface area contributed by atoms with Crippen LogP contribution >= 0.6 is 11.3 Å². The van der Waals surface area contributed by atoms with Crippen LogP contribution in [0.25, 0.3) is 22.4 Å². The van der Waals surface area contributed by atoms with E-state index in [0.29, 0.717) is 49.0 Å². The predicted octanol–water partition coefficient (Wildman–Crippen LogP) is 4.15. The molecule has 0 bridgehead atoms. The number of piperazine rings is 1. The van der Waals surface area contributed by atoms with E-state index in [1.165, 1.54) is 21.9 Å². The highest BCUT2D eigenvalue weighted by Crippen LogP contribution is 2.38. The van der Waals surface area contributed by atoms with Crippen molar-refractivity contribution in [2.45, 2.75) is 32.8 Å². The number of sulfonamides is 1. The number of imidazole rings is 1. The van der Waals surface area contributed by atoms with E-state index in [-0.39, 0.29) is 12.5 Å². The van der Waals surface area contributed by atoms with Crippen LogP contribution in [0.3, 0.4) is 0 Å². The van der Waals surface area contributed by atoms with Gasteiger partial charge in [0.2, 0.25) is 10.0 Å². The third-order valence-corrected chi connectivity index (χ3v) is 9.24. The van der Waals surface area contributed by atoms with Crippen LogP contribution < -0.4 is 14.4 Å². The number of thiazole rings is 1. The van der Waals surface area contributed by atoms with Crippen molar-refractivity contribution in [2.24, 2.45) is 5.10 Å². The lowest BCUT2D eigenvalue weighted by Crippen LogP contribution is -2.48. The molecule has 0 N–H and O–H groups in total. The predicted molar refractivity (Wildman–Crippen MR) is 151 cm³/mol. The third kappa shape index (κ3) is 5.13. The molecule has 0 spiro atoms. The molecule has 11 nitrogen and oxygen atoms in total. The number of ether oxygens (including phenoxy) is 2. The van der Waals surface area contributed by atoms with Gasteiger partial charge in [-0.05, 0) is 19.4 Å². The summed E-state index contributed by atoms with van der Waals surface area (Å²) in [6.45, 7) is 6.58. The number of anilines is 1. The van der Waals surface area contributed by atoms with Crippen molar-refractivity contribution in [3.8, 4) is 23.0 Å². The summed E-state index contributed by atoms with van der Waals surface area (Å²) < 4.78 is 44.8. The van der Waals surface area contributed by atoms with E-state index in [0.717, 1.165) is 39.9 Å². The molecule has 5 heterocycles. The fraction of sp³-hybridized carbons (Fsp3) is 0.423. The summed E-state index contributed by atoms with van der Waals surface area (Å²) in [6, 6.07) is 5.62. The standard InChI is InChI=1S/C26H30N6O5S2/c1-16-9-17(2)29-32-13-21(28-25(16)32)24-12-20-22(10-19(35-3)11-23(20)37-24)36-14-18-15-38-26(27-18)30-5-7-31(8-6-30)39(4,33)34/h10-13,15-16H,5-9,14H2,1-4H3. The molecule has 13 heteroatoms. The van der Waals surface area contributed by atoms with Gasteiger partial charge in [0.15, 0.2) is 10.9 Å². The van der Waals surface area contributed by atoms with Crippen LogP contribution in [0.1, 0.15) is 37.7 Å². The number of furan rings is 1. The van der Waals surface area contributed by atoms with E-state index in [1.54, 1.807) is 7.11 Å². The van der Waals surface area contributed by atoms with E-state index in [9.17, 15) is 8.42 Å². The van der Waals surface area contributed by atoms with Gasteiger partial charge in [0.25, 0.3) is 0 Å². The highest BCUT2D eigenvalue weighted by atomic mass is 32.2. The van der Waals surface area contributed by atoms with Gasteiger partial charge in [0.1, 0.15) is 35.2 Å². The molecule has 1 saturated heterocycles. The molecular formula is C26H30N6O5S2. The quantitative estimate of drug-likeness (QED) is 0.325. The molecule has 206 valence electrons. The van der Waals surface area contributed by atoms with Gasteiger partial charge in [-0.1, -0.05) is 6.92 Å². The molecule has 4 aromatic rings. The van der Waals surface area contributed by atoms with Gasteiger partial charge in [-0.3, -0.25) is 0 Å². The molecule has 1 aromatic carbocycles. The maximum absolute atomic E-state index is 11.8. The zero-order chi connectivity index (χ0) is 27.3. The number of aromatic nitrogens is 3. The minimum atomic E-state index is -3.17. The van der Waals surface area contributed by atoms with Crippen LogP contribution in [0.4, 0.5) is 5.13 Å². The van der Waals surface area contributed by atoms with Crippen molar-refractivity contribution in [3.05, 3.63) is 41.3 Å². The molecule has 2 aliphatic rings. The normalized spacial score (nSPS) is 18.3. The highest BCUT2D eigenvalue weighted by molar-refractivity contribution is 7.88. The lowest BCUT2D eigenvalue weighted by atomic mass is 10.0. The summed E-state index contributed by atoms with van der Waals surface area (Å²) in [5.74, 6) is 3.09. The van der Waals surface area contributed by atoms with Gasteiger partial charge in [0.05, 0.1) is 30.6 Å². The number of rotatable bonds is 7. The molecule has 39 heavy (non-hydrogen) atoms. The van der Waals surface area contributed by atoms with Crippen molar-refractivity contribution >= 4 is 43.2 Å². The molecular weight excluding hydrogens is 540 g/mol. The van der Waals surface area contributed by atoms with E-state index >= 15 is 0 Å². The number of hydrogen-bond acceptors (Lipinski definition) is 10. The Kier molecular flexibility index (Phi) is 6.60. The third-order valence-electron chi connectivity index (χ3n) is 6.99. The summed E-state index contributed by atoms with van der Waals surface area (Å²) >= 11 is 1.53. The van der Waals surface area contributed by atoms with Gasteiger partial charge in [0, 0.05) is 55.3 Å². The molecule has 1 atom stereocenters. The number of benzene rings is 1. The molecule has 6 rings (SSSR count). The summed E-state index contributed by atoms with van der Waals surface area (Å²) in [6.07, 6.45) is 4.04. The summed E-state index contributed by atoms with van der Waals surface area (Å²) in [4.78, 5) is 11.6. The minimum absolute atomic E-state index is 0.271. The van der Waals surface area contributed by atoms with Gasteiger partial charge in [-0.25, -0.2) is 23.1 Å². The Bertz CT molecular complexity index is 1660. The van der Waals surface area contributed by atoms with E-state index < -0.39 is 10.0 Å². The van der Waals surface area contributed by atoms with E-state index in [4.69, 9.17) is 23.9 Å². The van der Waals surface area contributed by atoms with Crippen LogP contribution in [0.2, 0.25) is 0 Å². The van der Waals surface area contributed by atoms with Gasteiger partial charge in [-0.15, -0.1) is 11.3 Å². The molecule has 3 aromatic heterocycles. The minimum Gasteiger partial charge on any atom is -0.496 e. The van der Waals surface area contributed by atoms with Crippen LogP contribution in [0, 0.1) is 0 Å². The van der Waals surface area contributed by atoms with Crippen LogP contribution in [-0.4, -0.2) is 72.6 Å². The second kappa shape index (κ2) is 9.96. The molecule has 0 saturated carbocycles. The molecule has 0 aliphatic carbocycles. The lowest BCUT2D eigenvalue weighted by molar-refractivity contribution is 0.303. The highest BCUT2D eigenvalue weighted by Gasteiger charge is 2.25. The summed E-state index contributed by atoms with van der Waals surface area (Å²) in [7, 11) is -1.56. The van der Waals surface area contributed by atoms with Crippen molar-refractivity contribution in [1.29, 1.82) is 0 Å². The Hall–Kier alpha value is -3.42. The fourth-order valence-corrected chi connectivity index (χ4v) is 6.69. The zero-order valence-electron chi connectivity index (χ0n) is 22.2. The number of methoxy groups -OCH3 is 1. The van der Waals surface area contributed by atoms with Crippen LogP contribution in [0.15, 0.2) is 39.3 Å². The average Bonchev–Trinajstić information content (AvgIpc) is 3.64.